The number of oxazole rings is 1. The third-order valence-corrected chi connectivity index (χ3v) is 2.93. The quantitative estimate of drug-likeness (QED) is 0.836. The van der Waals surface area contributed by atoms with Crippen LogP contribution < -0.4 is 0 Å². The van der Waals surface area contributed by atoms with E-state index in [9.17, 15) is 4.79 Å². The summed E-state index contributed by atoms with van der Waals surface area (Å²) in [5.41, 5.74) is 0.906. The van der Waals surface area contributed by atoms with Gasteiger partial charge in [0.25, 0.3) is 0 Å². The SMILES string of the molecule is Cc1coc(C2CCN(CC(=O)O)CC2)n1. The molecular weight excluding hydrogens is 208 g/mol. The molecule has 0 saturated carbocycles. The van der Waals surface area contributed by atoms with Crippen molar-refractivity contribution in [1.29, 1.82) is 0 Å². The highest BCUT2D eigenvalue weighted by atomic mass is 16.4. The normalized spacial score (nSPS) is 18.8. The summed E-state index contributed by atoms with van der Waals surface area (Å²) in [5.74, 6) is 0.386. The molecule has 2 heterocycles. The van der Waals surface area contributed by atoms with Crippen molar-refractivity contribution in [2.45, 2.75) is 25.7 Å². The predicted molar refractivity (Wildman–Crippen MR) is 57.3 cm³/mol. The molecule has 0 amide bonds. The van der Waals surface area contributed by atoms with E-state index < -0.39 is 5.97 Å². The van der Waals surface area contributed by atoms with Crippen LogP contribution in [0.15, 0.2) is 10.7 Å². The number of hydrogen-bond donors (Lipinski definition) is 1. The second kappa shape index (κ2) is 4.65. The van der Waals surface area contributed by atoms with Crippen molar-refractivity contribution >= 4 is 5.97 Å². The lowest BCUT2D eigenvalue weighted by Gasteiger charge is -2.28. The Balaban J connectivity index is 1.87. The average molecular weight is 224 g/mol. The van der Waals surface area contributed by atoms with Crippen LogP contribution in [-0.4, -0.2) is 40.6 Å². The first-order valence-electron chi connectivity index (χ1n) is 5.51. The maximum absolute atomic E-state index is 10.5. The smallest absolute Gasteiger partial charge is 0.317 e. The van der Waals surface area contributed by atoms with Gasteiger partial charge in [-0.3, -0.25) is 9.69 Å². The summed E-state index contributed by atoms with van der Waals surface area (Å²) in [6, 6.07) is 0. The molecule has 1 aliphatic heterocycles. The molecule has 0 atom stereocenters. The highest BCUT2D eigenvalue weighted by Gasteiger charge is 2.24. The Morgan fingerprint density at radius 2 is 2.31 bits per heavy atom. The Bertz CT molecular complexity index is 367. The monoisotopic (exact) mass is 224 g/mol. The zero-order valence-electron chi connectivity index (χ0n) is 9.35. The Morgan fingerprint density at radius 3 is 2.81 bits per heavy atom. The largest absolute Gasteiger partial charge is 0.480 e. The van der Waals surface area contributed by atoms with Crippen LogP contribution in [0.3, 0.4) is 0 Å². The van der Waals surface area contributed by atoms with Crippen molar-refractivity contribution < 1.29 is 14.3 Å². The second-order valence-corrected chi connectivity index (χ2v) is 4.27. The zero-order chi connectivity index (χ0) is 11.5. The van der Waals surface area contributed by atoms with Crippen LogP contribution in [-0.2, 0) is 4.79 Å². The second-order valence-electron chi connectivity index (χ2n) is 4.27. The Morgan fingerprint density at radius 1 is 1.62 bits per heavy atom. The lowest BCUT2D eigenvalue weighted by Crippen LogP contribution is -2.36. The summed E-state index contributed by atoms with van der Waals surface area (Å²) in [6.45, 7) is 3.65. The highest BCUT2D eigenvalue weighted by molar-refractivity contribution is 5.69. The third-order valence-electron chi connectivity index (χ3n) is 2.93. The molecule has 1 aromatic rings. The van der Waals surface area contributed by atoms with Crippen LogP contribution in [0.2, 0.25) is 0 Å². The van der Waals surface area contributed by atoms with Crippen molar-refractivity contribution in [1.82, 2.24) is 9.88 Å². The summed E-state index contributed by atoms with van der Waals surface area (Å²) in [6.07, 6.45) is 3.51. The number of carbonyl (C=O) groups is 1. The molecule has 1 N–H and O–H groups in total. The molecule has 1 aliphatic rings. The minimum Gasteiger partial charge on any atom is -0.480 e. The van der Waals surface area contributed by atoms with Gasteiger partial charge in [0.15, 0.2) is 5.89 Å². The van der Waals surface area contributed by atoms with Gasteiger partial charge < -0.3 is 9.52 Å². The standard InChI is InChI=1S/C11H16N2O3/c1-8-7-16-11(12-8)9-2-4-13(5-3-9)6-10(14)15/h7,9H,2-6H2,1H3,(H,14,15). The van der Waals surface area contributed by atoms with E-state index in [1.807, 2.05) is 11.8 Å². The predicted octanol–water partition coefficient (Wildman–Crippen LogP) is 1.25. The van der Waals surface area contributed by atoms with Crippen molar-refractivity contribution in [3.63, 3.8) is 0 Å². The van der Waals surface area contributed by atoms with Crippen molar-refractivity contribution in [2.75, 3.05) is 19.6 Å². The Kier molecular flexibility index (Phi) is 3.24. The topological polar surface area (TPSA) is 66.6 Å². The van der Waals surface area contributed by atoms with Crippen LogP contribution in [0.1, 0.15) is 30.3 Å². The summed E-state index contributed by atoms with van der Waals surface area (Å²) >= 11 is 0. The van der Waals surface area contributed by atoms with E-state index in [-0.39, 0.29) is 6.54 Å². The summed E-state index contributed by atoms with van der Waals surface area (Å²) in [4.78, 5) is 16.8. The molecule has 88 valence electrons. The van der Waals surface area contributed by atoms with E-state index >= 15 is 0 Å². The molecular formula is C11H16N2O3. The van der Waals surface area contributed by atoms with Gasteiger partial charge in [-0.15, -0.1) is 0 Å². The van der Waals surface area contributed by atoms with Gasteiger partial charge in [0.05, 0.1) is 12.2 Å². The van der Waals surface area contributed by atoms with Gasteiger partial charge in [-0.2, -0.15) is 0 Å². The van der Waals surface area contributed by atoms with Crippen LogP contribution in [0.25, 0.3) is 0 Å². The number of hydrogen-bond acceptors (Lipinski definition) is 4. The molecule has 5 heteroatoms. The molecule has 2 rings (SSSR count). The van der Waals surface area contributed by atoms with Crippen molar-refractivity contribution in [3.05, 3.63) is 17.8 Å². The lowest BCUT2D eigenvalue weighted by molar-refractivity contribution is -0.138. The first-order valence-corrected chi connectivity index (χ1v) is 5.51. The van der Waals surface area contributed by atoms with E-state index in [2.05, 4.69) is 4.98 Å². The Hall–Kier alpha value is -1.36. The molecule has 0 unspecified atom stereocenters. The van der Waals surface area contributed by atoms with Gasteiger partial charge in [-0.05, 0) is 32.9 Å². The van der Waals surface area contributed by atoms with Crippen LogP contribution >= 0.6 is 0 Å². The number of aliphatic carboxylic acids is 1. The first kappa shape index (κ1) is 11.1. The molecule has 1 aromatic heterocycles. The highest BCUT2D eigenvalue weighted by Crippen LogP contribution is 2.27. The fraction of sp³-hybridized carbons (Fsp3) is 0.636. The summed E-state index contributed by atoms with van der Waals surface area (Å²) < 4.78 is 5.37. The fourth-order valence-corrected chi connectivity index (χ4v) is 2.09. The maximum Gasteiger partial charge on any atom is 0.317 e. The van der Waals surface area contributed by atoms with Crippen LogP contribution in [0, 0.1) is 6.92 Å². The van der Waals surface area contributed by atoms with Gasteiger partial charge in [0.2, 0.25) is 0 Å². The van der Waals surface area contributed by atoms with E-state index in [1.165, 1.54) is 0 Å². The number of aromatic nitrogens is 1. The van der Waals surface area contributed by atoms with E-state index in [1.54, 1.807) is 6.26 Å². The molecule has 0 spiro atoms. The minimum absolute atomic E-state index is 0.136. The van der Waals surface area contributed by atoms with Gasteiger partial charge in [0, 0.05) is 5.92 Å². The van der Waals surface area contributed by atoms with Gasteiger partial charge in [-0.1, -0.05) is 0 Å². The molecule has 1 saturated heterocycles. The maximum atomic E-state index is 10.5. The molecule has 0 radical (unpaired) electrons. The molecule has 1 fully saturated rings. The first-order chi connectivity index (χ1) is 7.65. The molecule has 16 heavy (non-hydrogen) atoms. The van der Waals surface area contributed by atoms with E-state index in [4.69, 9.17) is 9.52 Å². The van der Waals surface area contributed by atoms with Gasteiger partial charge in [0.1, 0.15) is 6.26 Å². The minimum atomic E-state index is -0.759. The number of piperidine rings is 1. The number of carboxylic acids is 1. The molecule has 0 aliphatic carbocycles. The van der Waals surface area contributed by atoms with E-state index in [0.717, 1.165) is 37.5 Å². The molecule has 5 nitrogen and oxygen atoms in total. The van der Waals surface area contributed by atoms with Crippen LogP contribution in [0.4, 0.5) is 0 Å². The van der Waals surface area contributed by atoms with E-state index in [0.29, 0.717) is 5.92 Å². The van der Waals surface area contributed by atoms with Crippen LogP contribution in [0.5, 0.6) is 0 Å². The Labute approximate surface area is 94.1 Å². The third kappa shape index (κ3) is 2.61. The number of carboxylic acid groups (broad SMARTS) is 1. The number of likely N-dealkylation sites (tertiary alicyclic amines) is 1. The van der Waals surface area contributed by atoms with Gasteiger partial charge >= 0.3 is 5.97 Å². The van der Waals surface area contributed by atoms with Crippen molar-refractivity contribution in [3.8, 4) is 0 Å². The zero-order valence-corrected chi connectivity index (χ0v) is 9.35. The fourth-order valence-electron chi connectivity index (χ4n) is 2.09. The summed E-state index contributed by atoms with van der Waals surface area (Å²) in [7, 11) is 0. The molecule has 0 bridgehead atoms. The summed E-state index contributed by atoms with van der Waals surface area (Å²) in [5, 5.41) is 8.68. The van der Waals surface area contributed by atoms with Gasteiger partial charge in [-0.25, -0.2) is 4.98 Å². The average Bonchev–Trinajstić information content (AvgIpc) is 2.65. The lowest BCUT2D eigenvalue weighted by atomic mass is 9.97. The number of nitrogens with zero attached hydrogens (tertiary/aromatic N) is 2. The number of rotatable bonds is 3. The molecule has 0 aromatic carbocycles. The number of aryl methyl sites for hydroxylation is 1. The van der Waals surface area contributed by atoms with Crippen molar-refractivity contribution in [2.24, 2.45) is 0 Å².